The third-order valence-corrected chi connectivity index (χ3v) is 3.37. The lowest BCUT2D eigenvalue weighted by Gasteiger charge is -2.41. The van der Waals surface area contributed by atoms with E-state index in [-0.39, 0.29) is 0 Å². The smallest absolute Gasteiger partial charge is 0.0343 e. The van der Waals surface area contributed by atoms with Gasteiger partial charge in [0.25, 0.3) is 0 Å². The van der Waals surface area contributed by atoms with E-state index < -0.39 is 0 Å². The fraction of sp³-hybridized carbons (Fsp3) is 0.667. The molecule has 1 aliphatic rings. The third-order valence-electron chi connectivity index (χ3n) is 3.37. The van der Waals surface area contributed by atoms with Gasteiger partial charge in [-0.25, -0.2) is 0 Å². The highest BCUT2D eigenvalue weighted by Crippen LogP contribution is 2.33. The van der Waals surface area contributed by atoms with Gasteiger partial charge in [-0.05, 0) is 39.3 Å². The van der Waals surface area contributed by atoms with E-state index in [1.807, 2.05) is 0 Å². The SMILES string of the molecule is CC(C)N1[C@H](C)Cc2[nH]ccc2[C@H]1C. The number of nitrogens with zero attached hydrogens (tertiary/aromatic N) is 1. The highest BCUT2D eigenvalue weighted by molar-refractivity contribution is 5.28. The van der Waals surface area contributed by atoms with Crippen LogP contribution in [0.5, 0.6) is 0 Å². The van der Waals surface area contributed by atoms with E-state index in [1.165, 1.54) is 11.3 Å². The van der Waals surface area contributed by atoms with Crippen molar-refractivity contribution < 1.29 is 0 Å². The molecule has 2 nitrogen and oxygen atoms in total. The molecule has 0 aliphatic carbocycles. The zero-order chi connectivity index (χ0) is 10.3. The molecule has 78 valence electrons. The first-order valence-electron chi connectivity index (χ1n) is 5.55. The average Bonchev–Trinajstić information content (AvgIpc) is 2.50. The third kappa shape index (κ3) is 1.38. The molecule has 2 rings (SSSR count). The van der Waals surface area contributed by atoms with E-state index in [0.717, 1.165) is 6.42 Å². The van der Waals surface area contributed by atoms with Crippen molar-refractivity contribution in [3.63, 3.8) is 0 Å². The summed E-state index contributed by atoms with van der Waals surface area (Å²) in [6.07, 6.45) is 3.22. The number of aromatic nitrogens is 1. The lowest BCUT2D eigenvalue weighted by Crippen LogP contribution is -2.44. The lowest BCUT2D eigenvalue weighted by molar-refractivity contribution is 0.0992. The predicted octanol–water partition coefficient (Wildman–Crippen LogP) is 2.73. The molecule has 2 heterocycles. The normalized spacial score (nSPS) is 28.1. The van der Waals surface area contributed by atoms with Crippen LogP contribution in [-0.2, 0) is 6.42 Å². The average molecular weight is 192 g/mol. The summed E-state index contributed by atoms with van der Waals surface area (Å²) >= 11 is 0. The summed E-state index contributed by atoms with van der Waals surface area (Å²) in [6, 6.07) is 4.06. The number of fused-ring (bicyclic) bond motifs is 1. The number of hydrogen-bond donors (Lipinski definition) is 1. The molecule has 0 radical (unpaired) electrons. The highest BCUT2D eigenvalue weighted by atomic mass is 15.2. The van der Waals surface area contributed by atoms with Crippen molar-refractivity contribution in [2.45, 2.75) is 52.2 Å². The first kappa shape index (κ1) is 9.78. The van der Waals surface area contributed by atoms with Gasteiger partial charge < -0.3 is 4.98 Å². The summed E-state index contributed by atoms with van der Waals surface area (Å²) in [6.45, 7) is 9.19. The Morgan fingerprint density at radius 2 is 2.14 bits per heavy atom. The van der Waals surface area contributed by atoms with E-state index in [1.54, 1.807) is 0 Å². The van der Waals surface area contributed by atoms with Crippen LogP contribution in [0.2, 0.25) is 0 Å². The van der Waals surface area contributed by atoms with Crippen LogP contribution in [0.4, 0.5) is 0 Å². The van der Waals surface area contributed by atoms with E-state index >= 15 is 0 Å². The molecule has 0 fully saturated rings. The van der Waals surface area contributed by atoms with Gasteiger partial charge in [-0.15, -0.1) is 0 Å². The van der Waals surface area contributed by atoms with Crippen LogP contribution in [0.1, 0.15) is 45.0 Å². The van der Waals surface area contributed by atoms with Crippen LogP contribution in [0.25, 0.3) is 0 Å². The molecule has 0 aromatic carbocycles. The molecule has 1 aromatic heterocycles. The van der Waals surface area contributed by atoms with Gasteiger partial charge in [0.1, 0.15) is 0 Å². The molecule has 0 spiro atoms. The Hall–Kier alpha value is -0.760. The minimum absolute atomic E-state index is 0.556. The van der Waals surface area contributed by atoms with Crippen LogP contribution < -0.4 is 0 Å². The molecule has 1 aliphatic heterocycles. The van der Waals surface area contributed by atoms with Gasteiger partial charge >= 0.3 is 0 Å². The van der Waals surface area contributed by atoms with Gasteiger partial charge in [-0.2, -0.15) is 0 Å². The van der Waals surface area contributed by atoms with Crippen molar-refractivity contribution in [1.29, 1.82) is 0 Å². The van der Waals surface area contributed by atoms with Crippen molar-refractivity contribution in [2.24, 2.45) is 0 Å². The molecule has 0 saturated carbocycles. The van der Waals surface area contributed by atoms with Crippen LogP contribution in [0.3, 0.4) is 0 Å². The molecule has 0 unspecified atom stereocenters. The first-order valence-corrected chi connectivity index (χ1v) is 5.55. The number of hydrogen-bond acceptors (Lipinski definition) is 1. The van der Waals surface area contributed by atoms with Crippen molar-refractivity contribution in [3.05, 3.63) is 23.5 Å². The molecule has 0 amide bonds. The Morgan fingerprint density at radius 3 is 2.79 bits per heavy atom. The molecule has 2 atom stereocenters. The molecule has 1 N–H and O–H groups in total. The Labute approximate surface area is 86.3 Å². The van der Waals surface area contributed by atoms with Crippen LogP contribution in [0.15, 0.2) is 12.3 Å². The number of nitrogens with one attached hydrogen (secondary N) is 1. The minimum Gasteiger partial charge on any atom is -0.365 e. The first-order chi connectivity index (χ1) is 6.61. The fourth-order valence-corrected chi connectivity index (χ4v) is 2.88. The van der Waals surface area contributed by atoms with Gasteiger partial charge in [0.15, 0.2) is 0 Å². The Kier molecular flexibility index (Phi) is 2.40. The molecule has 0 saturated heterocycles. The van der Waals surface area contributed by atoms with E-state index in [9.17, 15) is 0 Å². The summed E-state index contributed by atoms with van der Waals surface area (Å²) in [5, 5.41) is 0. The van der Waals surface area contributed by atoms with Gasteiger partial charge in [0.05, 0.1) is 0 Å². The van der Waals surface area contributed by atoms with Gasteiger partial charge in [-0.3, -0.25) is 4.90 Å². The number of rotatable bonds is 1. The summed E-state index contributed by atoms with van der Waals surface area (Å²) in [5.41, 5.74) is 2.92. The van der Waals surface area contributed by atoms with Crippen molar-refractivity contribution in [1.82, 2.24) is 9.88 Å². The Morgan fingerprint density at radius 1 is 1.43 bits per heavy atom. The standard InChI is InChI=1S/C12H20N2/c1-8(2)14-9(3)7-12-11(10(14)4)5-6-13-12/h5-6,8-10,13H,7H2,1-4H3/t9-,10-/m1/s1. The molecule has 14 heavy (non-hydrogen) atoms. The molecular formula is C12H20N2. The summed E-state index contributed by atoms with van der Waals surface area (Å²) in [7, 11) is 0. The van der Waals surface area contributed by atoms with Crippen LogP contribution >= 0.6 is 0 Å². The van der Waals surface area contributed by atoms with Crippen molar-refractivity contribution >= 4 is 0 Å². The topological polar surface area (TPSA) is 19.0 Å². The molecular weight excluding hydrogens is 172 g/mol. The lowest BCUT2D eigenvalue weighted by atomic mass is 9.94. The largest absolute Gasteiger partial charge is 0.365 e. The summed E-state index contributed by atoms with van der Waals surface area (Å²) < 4.78 is 0. The second-order valence-electron chi connectivity index (χ2n) is 4.68. The summed E-state index contributed by atoms with van der Waals surface area (Å²) in [5.74, 6) is 0. The predicted molar refractivity (Wildman–Crippen MR) is 59.3 cm³/mol. The molecule has 1 aromatic rings. The van der Waals surface area contributed by atoms with Gasteiger partial charge in [0, 0.05) is 36.4 Å². The maximum atomic E-state index is 3.35. The monoisotopic (exact) mass is 192 g/mol. The molecule has 2 heteroatoms. The van der Waals surface area contributed by atoms with Gasteiger partial charge in [-0.1, -0.05) is 0 Å². The Bertz CT molecular complexity index is 314. The Balaban J connectivity index is 2.34. The fourth-order valence-electron chi connectivity index (χ4n) is 2.88. The second-order valence-corrected chi connectivity index (χ2v) is 4.68. The highest BCUT2D eigenvalue weighted by Gasteiger charge is 2.31. The van der Waals surface area contributed by atoms with Crippen molar-refractivity contribution in [2.75, 3.05) is 0 Å². The van der Waals surface area contributed by atoms with Crippen molar-refractivity contribution in [3.8, 4) is 0 Å². The van der Waals surface area contributed by atoms with Gasteiger partial charge in [0.2, 0.25) is 0 Å². The quantitative estimate of drug-likeness (QED) is 0.725. The second kappa shape index (κ2) is 3.43. The van der Waals surface area contributed by atoms with E-state index in [4.69, 9.17) is 0 Å². The maximum Gasteiger partial charge on any atom is 0.0343 e. The zero-order valence-corrected chi connectivity index (χ0v) is 9.54. The molecule has 0 bridgehead atoms. The summed E-state index contributed by atoms with van der Waals surface area (Å²) in [4.78, 5) is 5.94. The maximum absolute atomic E-state index is 3.35. The zero-order valence-electron chi connectivity index (χ0n) is 9.54. The van der Waals surface area contributed by atoms with E-state index in [0.29, 0.717) is 18.1 Å². The minimum atomic E-state index is 0.556. The number of H-pyrrole nitrogens is 1. The van der Waals surface area contributed by atoms with E-state index in [2.05, 4.69) is 49.8 Å². The van der Waals surface area contributed by atoms with Crippen LogP contribution in [0, 0.1) is 0 Å². The van der Waals surface area contributed by atoms with Crippen LogP contribution in [-0.4, -0.2) is 22.0 Å². The number of aromatic amines is 1.